The largest absolute Gasteiger partial charge is 0.479 e. The zero-order valence-electron chi connectivity index (χ0n) is 17.0. The lowest BCUT2D eigenvalue weighted by molar-refractivity contribution is -0.142. The number of hydrogen-bond donors (Lipinski definition) is 4. The molecule has 0 radical (unpaired) electrons. The minimum Gasteiger partial charge on any atom is -0.479 e. The van der Waals surface area contributed by atoms with Crippen LogP contribution in [0.2, 0.25) is 5.02 Å². The van der Waals surface area contributed by atoms with Crippen LogP contribution in [0.1, 0.15) is 42.3 Å². The second kappa shape index (κ2) is 10.9. The van der Waals surface area contributed by atoms with Gasteiger partial charge >= 0.3 is 5.97 Å². The number of hydrogen-bond acceptors (Lipinski definition) is 4. The summed E-state index contributed by atoms with van der Waals surface area (Å²) in [6.07, 6.45) is 1.77. The van der Waals surface area contributed by atoms with Gasteiger partial charge in [-0.3, -0.25) is 9.59 Å². The molecule has 1 aliphatic heterocycles. The van der Waals surface area contributed by atoms with E-state index in [9.17, 15) is 19.5 Å². The predicted octanol–water partition coefficient (Wildman–Crippen LogP) is 2.62. The SMILES string of the molecule is O=C(C[C@H](CNC(=O)[C@@H]1CCCN1)c1ccc(Cl)cc1)N[C@H](C(=O)O)c1ccccc1. The third kappa shape index (κ3) is 6.54. The summed E-state index contributed by atoms with van der Waals surface area (Å²) in [5, 5.41) is 18.8. The number of rotatable bonds is 9. The molecule has 1 fully saturated rings. The molecule has 0 spiro atoms. The second-order valence-corrected chi connectivity index (χ2v) is 8.03. The van der Waals surface area contributed by atoms with Crippen LogP contribution in [0.4, 0.5) is 0 Å². The van der Waals surface area contributed by atoms with E-state index in [-0.39, 0.29) is 30.8 Å². The molecule has 2 amide bonds. The molecule has 3 rings (SSSR count). The van der Waals surface area contributed by atoms with Crippen molar-refractivity contribution in [2.24, 2.45) is 0 Å². The van der Waals surface area contributed by atoms with Gasteiger partial charge in [0.1, 0.15) is 0 Å². The van der Waals surface area contributed by atoms with Crippen LogP contribution in [-0.4, -0.2) is 42.0 Å². The lowest BCUT2D eigenvalue weighted by atomic mass is 9.94. The molecule has 1 aliphatic rings. The van der Waals surface area contributed by atoms with Crippen LogP contribution in [0.3, 0.4) is 0 Å². The van der Waals surface area contributed by atoms with Crippen molar-refractivity contribution >= 4 is 29.4 Å². The van der Waals surface area contributed by atoms with Crippen LogP contribution >= 0.6 is 11.6 Å². The molecule has 0 bridgehead atoms. The van der Waals surface area contributed by atoms with Crippen molar-refractivity contribution in [2.45, 2.75) is 37.3 Å². The van der Waals surface area contributed by atoms with Crippen LogP contribution in [0.5, 0.6) is 0 Å². The first-order chi connectivity index (χ1) is 14.9. The van der Waals surface area contributed by atoms with E-state index >= 15 is 0 Å². The molecule has 0 aliphatic carbocycles. The van der Waals surface area contributed by atoms with Crippen LogP contribution < -0.4 is 16.0 Å². The summed E-state index contributed by atoms with van der Waals surface area (Å²) in [6.45, 7) is 1.08. The summed E-state index contributed by atoms with van der Waals surface area (Å²) in [7, 11) is 0. The molecule has 7 nitrogen and oxygen atoms in total. The van der Waals surface area contributed by atoms with E-state index in [1.807, 2.05) is 12.1 Å². The third-order valence-corrected chi connectivity index (χ3v) is 5.61. The molecule has 8 heteroatoms. The van der Waals surface area contributed by atoms with Gasteiger partial charge in [-0.1, -0.05) is 54.1 Å². The van der Waals surface area contributed by atoms with Gasteiger partial charge in [-0.2, -0.15) is 0 Å². The molecule has 164 valence electrons. The Balaban J connectivity index is 1.69. The van der Waals surface area contributed by atoms with Gasteiger partial charge in [-0.25, -0.2) is 4.79 Å². The van der Waals surface area contributed by atoms with Crippen molar-refractivity contribution in [3.05, 3.63) is 70.7 Å². The highest BCUT2D eigenvalue weighted by Crippen LogP contribution is 2.22. The van der Waals surface area contributed by atoms with E-state index in [0.29, 0.717) is 10.6 Å². The third-order valence-electron chi connectivity index (χ3n) is 5.36. The summed E-state index contributed by atoms with van der Waals surface area (Å²) in [4.78, 5) is 36.9. The van der Waals surface area contributed by atoms with Gasteiger partial charge in [0.2, 0.25) is 11.8 Å². The van der Waals surface area contributed by atoms with Crippen LogP contribution in [0.15, 0.2) is 54.6 Å². The highest BCUT2D eigenvalue weighted by molar-refractivity contribution is 6.30. The zero-order chi connectivity index (χ0) is 22.2. The lowest BCUT2D eigenvalue weighted by Gasteiger charge is -2.21. The van der Waals surface area contributed by atoms with Gasteiger partial charge in [-0.05, 0) is 42.6 Å². The number of amides is 2. The second-order valence-electron chi connectivity index (χ2n) is 7.60. The molecule has 1 saturated heterocycles. The molecule has 0 unspecified atom stereocenters. The highest BCUT2D eigenvalue weighted by atomic mass is 35.5. The highest BCUT2D eigenvalue weighted by Gasteiger charge is 2.26. The van der Waals surface area contributed by atoms with Gasteiger partial charge in [0.25, 0.3) is 0 Å². The average Bonchev–Trinajstić information content (AvgIpc) is 3.31. The first kappa shape index (κ1) is 22.8. The molecule has 0 aromatic heterocycles. The Bertz CT molecular complexity index is 899. The first-order valence-electron chi connectivity index (χ1n) is 10.3. The van der Waals surface area contributed by atoms with E-state index < -0.39 is 17.9 Å². The molecular weight excluding hydrogens is 418 g/mol. The zero-order valence-corrected chi connectivity index (χ0v) is 17.8. The van der Waals surface area contributed by atoms with Crippen LogP contribution in [0, 0.1) is 0 Å². The average molecular weight is 444 g/mol. The van der Waals surface area contributed by atoms with Crippen molar-refractivity contribution in [1.29, 1.82) is 0 Å². The van der Waals surface area contributed by atoms with E-state index in [1.165, 1.54) is 0 Å². The van der Waals surface area contributed by atoms with Gasteiger partial charge in [-0.15, -0.1) is 0 Å². The Hall–Kier alpha value is -2.90. The molecule has 2 aromatic carbocycles. The number of carboxylic acid groups (broad SMARTS) is 1. The Morgan fingerprint density at radius 1 is 1.06 bits per heavy atom. The molecular formula is C23H26ClN3O4. The van der Waals surface area contributed by atoms with E-state index in [4.69, 9.17) is 11.6 Å². The van der Waals surface area contributed by atoms with Crippen LogP contribution in [-0.2, 0) is 14.4 Å². The molecule has 2 aromatic rings. The monoisotopic (exact) mass is 443 g/mol. The lowest BCUT2D eigenvalue weighted by Crippen LogP contribution is -2.42. The molecule has 0 saturated carbocycles. The molecule has 31 heavy (non-hydrogen) atoms. The summed E-state index contributed by atoms with van der Waals surface area (Å²) in [6, 6.07) is 14.3. The van der Waals surface area contributed by atoms with Crippen molar-refractivity contribution in [2.75, 3.05) is 13.1 Å². The fourth-order valence-electron chi connectivity index (χ4n) is 3.67. The summed E-state index contributed by atoms with van der Waals surface area (Å²) in [5.74, 6) is -1.97. The summed E-state index contributed by atoms with van der Waals surface area (Å²) >= 11 is 5.98. The molecule has 1 heterocycles. The molecule has 4 N–H and O–H groups in total. The fraction of sp³-hybridized carbons (Fsp3) is 0.348. The normalized spacial score (nSPS) is 17.5. The fourth-order valence-corrected chi connectivity index (χ4v) is 3.80. The Labute approximate surface area is 186 Å². The van der Waals surface area contributed by atoms with Crippen molar-refractivity contribution < 1.29 is 19.5 Å². The minimum atomic E-state index is -1.14. The van der Waals surface area contributed by atoms with E-state index in [0.717, 1.165) is 24.9 Å². The number of carboxylic acids is 1. The van der Waals surface area contributed by atoms with Gasteiger partial charge in [0, 0.05) is 23.9 Å². The number of halogens is 1. The maximum absolute atomic E-state index is 12.8. The van der Waals surface area contributed by atoms with Crippen LogP contribution in [0.25, 0.3) is 0 Å². The van der Waals surface area contributed by atoms with Crippen molar-refractivity contribution in [3.8, 4) is 0 Å². The van der Waals surface area contributed by atoms with Gasteiger partial charge in [0.15, 0.2) is 6.04 Å². The van der Waals surface area contributed by atoms with Crippen molar-refractivity contribution in [1.82, 2.24) is 16.0 Å². The summed E-state index contributed by atoms with van der Waals surface area (Å²) < 4.78 is 0. The Kier molecular flexibility index (Phi) is 8.03. The maximum Gasteiger partial charge on any atom is 0.330 e. The standard InChI is InChI=1S/C23H26ClN3O4/c24-18-10-8-15(9-11-18)17(14-26-22(29)19-7-4-12-25-19)13-20(28)27-21(23(30)31)16-5-2-1-3-6-16/h1-3,5-6,8-11,17,19,21,25H,4,7,12-14H2,(H,26,29)(H,27,28)(H,30,31)/t17-,19+,21+/m1/s1. The first-order valence-corrected chi connectivity index (χ1v) is 10.7. The Morgan fingerprint density at radius 3 is 2.39 bits per heavy atom. The smallest absolute Gasteiger partial charge is 0.330 e. The van der Waals surface area contributed by atoms with E-state index in [1.54, 1.807) is 42.5 Å². The van der Waals surface area contributed by atoms with E-state index in [2.05, 4.69) is 16.0 Å². The Morgan fingerprint density at radius 2 is 1.77 bits per heavy atom. The summed E-state index contributed by atoms with van der Waals surface area (Å²) in [5.41, 5.74) is 1.33. The van der Waals surface area contributed by atoms with Gasteiger partial charge < -0.3 is 21.1 Å². The number of carbonyl (C=O) groups is 3. The predicted molar refractivity (Wildman–Crippen MR) is 118 cm³/mol. The molecule has 3 atom stereocenters. The van der Waals surface area contributed by atoms with Gasteiger partial charge in [0.05, 0.1) is 6.04 Å². The number of nitrogens with one attached hydrogen (secondary N) is 3. The topological polar surface area (TPSA) is 108 Å². The quantitative estimate of drug-likeness (QED) is 0.476. The number of benzene rings is 2. The van der Waals surface area contributed by atoms with Crippen molar-refractivity contribution in [3.63, 3.8) is 0 Å². The number of carbonyl (C=O) groups excluding carboxylic acids is 2. The maximum atomic E-state index is 12.8. The number of aliphatic carboxylic acids is 1. The minimum absolute atomic E-state index is 0.0244.